The minimum Gasteiger partial charge on any atom is -0.444 e. The zero-order valence-corrected chi connectivity index (χ0v) is 45.4. The molecule has 0 bridgehead atoms. The predicted molar refractivity (Wildman–Crippen MR) is 285 cm³/mol. The van der Waals surface area contributed by atoms with Gasteiger partial charge in [0.25, 0.3) is 0 Å². The van der Waals surface area contributed by atoms with Crippen molar-refractivity contribution in [3.05, 3.63) is 101 Å². The number of carbonyl (C=O) groups excluding carboxylic acids is 2. The lowest BCUT2D eigenvalue weighted by Gasteiger charge is -2.32. The van der Waals surface area contributed by atoms with E-state index in [1.165, 1.54) is 29.3 Å². The van der Waals surface area contributed by atoms with Gasteiger partial charge in [-0.3, -0.25) is 9.36 Å². The van der Waals surface area contributed by atoms with Crippen molar-refractivity contribution in [1.29, 1.82) is 0 Å². The second kappa shape index (κ2) is 23.2. The van der Waals surface area contributed by atoms with Crippen molar-refractivity contribution in [3.8, 4) is 11.4 Å². The third-order valence-corrected chi connectivity index (χ3v) is 12.8. The van der Waals surface area contributed by atoms with Crippen LogP contribution in [-0.4, -0.2) is 91.2 Å². The molecular formula is C52H70BClN14O6. The maximum Gasteiger partial charge on any atom is 0.494 e. The highest BCUT2D eigenvalue weighted by Crippen LogP contribution is 2.37. The lowest BCUT2D eigenvalue weighted by molar-refractivity contribution is 0.00578. The number of nitrogens with zero attached hydrogens (tertiary/aromatic N) is 10. The topological polar surface area (TPSA) is 232 Å². The van der Waals surface area contributed by atoms with Crippen molar-refractivity contribution in [3.63, 3.8) is 0 Å². The lowest BCUT2D eigenvalue weighted by atomic mass is 9.77. The van der Waals surface area contributed by atoms with Gasteiger partial charge in [0.05, 0.1) is 47.1 Å². The first kappa shape index (κ1) is 55.1. The van der Waals surface area contributed by atoms with E-state index in [1.54, 1.807) is 28.0 Å². The third-order valence-electron chi connectivity index (χ3n) is 12.6. The van der Waals surface area contributed by atoms with Crippen LogP contribution in [0.2, 0.25) is 5.28 Å². The number of alkyl carbamates (subject to hydrolysis) is 2. The van der Waals surface area contributed by atoms with Gasteiger partial charge in [-0.25, -0.2) is 29.5 Å². The molecule has 74 heavy (non-hydrogen) atoms. The smallest absolute Gasteiger partial charge is 0.444 e. The summed E-state index contributed by atoms with van der Waals surface area (Å²) in [6.07, 6.45) is 17.1. The van der Waals surface area contributed by atoms with Gasteiger partial charge in [0.2, 0.25) is 17.2 Å². The summed E-state index contributed by atoms with van der Waals surface area (Å²) in [6, 6.07) is 12.4. The number of nitrogens with one attached hydrogen (secondary N) is 4. The quantitative estimate of drug-likeness (QED) is 0.0821. The van der Waals surface area contributed by atoms with Crippen molar-refractivity contribution >= 4 is 59.6 Å². The van der Waals surface area contributed by atoms with E-state index in [1.807, 2.05) is 67.9 Å². The Hall–Kier alpha value is -6.71. The first-order valence-corrected chi connectivity index (χ1v) is 25.4. The number of aryl methyl sites for hydroxylation is 4. The highest BCUT2D eigenvalue weighted by atomic mass is 35.5. The van der Waals surface area contributed by atoms with E-state index in [0.29, 0.717) is 17.7 Å². The molecule has 4 aromatic heterocycles. The van der Waals surface area contributed by atoms with Crippen LogP contribution in [0.25, 0.3) is 11.4 Å². The summed E-state index contributed by atoms with van der Waals surface area (Å²) in [4.78, 5) is 49.2. The molecule has 20 nitrogen and oxygen atoms in total. The van der Waals surface area contributed by atoms with Crippen LogP contribution in [-0.2, 0) is 45.7 Å². The van der Waals surface area contributed by atoms with E-state index in [-0.39, 0.29) is 47.9 Å². The molecule has 2 aliphatic carbocycles. The van der Waals surface area contributed by atoms with Gasteiger partial charge >= 0.3 is 19.3 Å². The Kier molecular flexibility index (Phi) is 17.3. The first-order chi connectivity index (χ1) is 34.9. The summed E-state index contributed by atoms with van der Waals surface area (Å²) in [7, 11) is 3.31. The molecule has 22 heteroatoms. The molecule has 1 fully saturated rings. The van der Waals surface area contributed by atoms with Gasteiger partial charge in [-0.05, 0) is 153 Å². The van der Waals surface area contributed by atoms with E-state index < -0.39 is 11.2 Å². The predicted octanol–water partition coefficient (Wildman–Crippen LogP) is 9.59. The molecule has 0 spiro atoms. The van der Waals surface area contributed by atoms with Crippen LogP contribution in [0.15, 0.2) is 73.8 Å². The molecule has 4 N–H and O–H groups in total. The van der Waals surface area contributed by atoms with Crippen molar-refractivity contribution in [1.82, 2.24) is 60.1 Å². The molecule has 9 rings (SSSR count). The highest BCUT2D eigenvalue weighted by molar-refractivity contribution is 6.62. The van der Waals surface area contributed by atoms with Crippen molar-refractivity contribution in [2.75, 3.05) is 10.6 Å². The largest absolute Gasteiger partial charge is 0.494 e. The molecule has 2 atom stereocenters. The Bertz CT molecular complexity index is 2860. The number of hydrogen-bond donors (Lipinski definition) is 4. The Labute approximate surface area is 439 Å². The molecular weight excluding hydrogens is 963 g/mol. The van der Waals surface area contributed by atoms with Crippen LogP contribution >= 0.6 is 11.6 Å². The van der Waals surface area contributed by atoms with Gasteiger partial charge in [0.15, 0.2) is 5.82 Å². The molecule has 0 radical (unpaired) electrons. The molecule has 394 valence electrons. The zero-order chi connectivity index (χ0) is 53.4. The Morgan fingerprint density at radius 3 is 1.65 bits per heavy atom. The first-order valence-electron chi connectivity index (χ1n) is 25.0. The second-order valence-electron chi connectivity index (χ2n) is 21.6. The van der Waals surface area contributed by atoms with Crippen LogP contribution in [0.1, 0.15) is 142 Å². The van der Waals surface area contributed by atoms with Gasteiger partial charge in [-0.2, -0.15) is 20.2 Å². The summed E-state index contributed by atoms with van der Waals surface area (Å²) < 4.78 is 26.7. The average Bonchev–Trinajstić information content (AvgIpc) is 3.87. The maximum atomic E-state index is 12.4. The number of amides is 2. The number of carbonyl (C=O) groups is 2. The number of anilines is 4. The summed E-state index contributed by atoms with van der Waals surface area (Å²) in [5, 5.41) is 20.5. The van der Waals surface area contributed by atoms with Crippen LogP contribution < -0.4 is 26.7 Å². The summed E-state index contributed by atoms with van der Waals surface area (Å²) in [6.45, 7) is 19.5. The SMILES string of the molecule is CC(C)(C)OC(=O)N[C@@H]1CCCCc2cc(B3OC(C)(C)C(C)(C)O3)ccc21.Cn1cc(Nc2ncnc(-c3ccc4c(c3)CCCC[C@H]4NC(=O)OC(C)(C)C)n2)cn1.Cn1cc(Nc2ncnc(Cl)n2)cn1. The van der Waals surface area contributed by atoms with E-state index in [9.17, 15) is 9.59 Å². The molecule has 0 saturated carbocycles. The average molecular weight is 1030 g/mol. The van der Waals surface area contributed by atoms with Crippen LogP contribution in [0, 0.1) is 0 Å². The number of hydrogen-bond acceptors (Lipinski definition) is 16. The molecule has 1 saturated heterocycles. The Balaban J connectivity index is 0.000000174. The van der Waals surface area contributed by atoms with Crippen LogP contribution in [0.3, 0.4) is 0 Å². The van der Waals surface area contributed by atoms with Gasteiger partial charge in [-0.15, -0.1) is 0 Å². The highest BCUT2D eigenvalue weighted by Gasteiger charge is 2.51. The van der Waals surface area contributed by atoms with Gasteiger partial charge < -0.3 is 40.0 Å². The number of fused-ring (bicyclic) bond motifs is 2. The van der Waals surface area contributed by atoms with E-state index in [0.717, 1.165) is 79.3 Å². The Morgan fingerprint density at radius 2 is 1.16 bits per heavy atom. The third kappa shape index (κ3) is 15.4. The molecule has 3 aliphatic rings. The van der Waals surface area contributed by atoms with Crippen LogP contribution in [0.4, 0.5) is 32.9 Å². The van der Waals surface area contributed by atoms with Gasteiger partial charge in [0.1, 0.15) is 23.9 Å². The molecule has 2 aromatic carbocycles. The van der Waals surface area contributed by atoms with Gasteiger partial charge in [0, 0.05) is 32.1 Å². The summed E-state index contributed by atoms with van der Waals surface area (Å²) in [5.74, 6) is 1.45. The van der Waals surface area contributed by atoms with E-state index in [4.69, 9.17) is 30.4 Å². The molecule has 0 unspecified atom stereocenters. The Morgan fingerprint density at radius 1 is 0.676 bits per heavy atom. The minimum absolute atomic E-state index is 0.0281. The minimum atomic E-state index is -0.526. The lowest BCUT2D eigenvalue weighted by Crippen LogP contribution is -2.41. The van der Waals surface area contributed by atoms with E-state index in [2.05, 4.69) is 119 Å². The molecule has 5 heterocycles. The normalized spacial score (nSPS) is 17.8. The summed E-state index contributed by atoms with van der Waals surface area (Å²) >= 11 is 5.59. The van der Waals surface area contributed by atoms with E-state index >= 15 is 0 Å². The van der Waals surface area contributed by atoms with Crippen molar-refractivity contribution in [2.24, 2.45) is 14.1 Å². The summed E-state index contributed by atoms with van der Waals surface area (Å²) in [5.41, 5.74) is 6.57. The van der Waals surface area contributed by atoms with Crippen molar-refractivity contribution in [2.45, 2.75) is 155 Å². The number of halogens is 1. The standard InChI is InChI=1S/C23H29N7O2.C22H34BNO4.C7H7ClN6/c1-23(2,3)32-22(31)28-19-8-6-5-7-15-11-16(9-10-18(15)19)20-24-14-25-21(29-20)27-17-12-26-30(4)13-17;1-20(2,3)26-19(25)24-18-11-9-8-10-15-14-16(12-13-17(15)18)23-27-21(4,5)22(6,7)28-23;1-14-3-5(2-11-14)12-7-10-4-9-6(8)13-7/h9-14,19H,5-8H2,1-4H3,(H,28,31)(H,24,25,27,29);12-14,18H,8-11H2,1-7H3,(H,24,25);2-4H,1H3,(H,9,10,12,13)/t19-;18-;/m11./s1. The molecule has 6 aromatic rings. The second-order valence-corrected chi connectivity index (χ2v) is 22.0. The zero-order valence-electron chi connectivity index (χ0n) is 44.6. The van der Waals surface area contributed by atoms with Gasteiger partial charge in [-0.1, -0.05) is 43.2 Å². The fraction of sp³-hybridized carbons (Fsp3) is 0.500. The maximum absolute atomic E-state index is 12.4. The molecule has 2 amide bonds. The number of ether oxygens (including phenoxy) is 2. The number of rotatable bonds is 8. The number of benzene rings is 2. The molecule has 1 aliphatic heterocycles. The van der Waals surface area contributed by atoms with Crippen molar-refractivity contribution < 1.29 is 28.4 Å². The number of aromatic nitrogens is 10. The van der Waals surface area contributed by atoms with Crippen LogP contribution in [0.5, 0.6) is 0 Å². The fourth-order valence-electron chi connectivity index (χ4n) is 8.51. The monoisotopic (exact) mass is 1030 g/mol. The fourth-order valence-corrected chi connectivity index (χ4v) is 8.63.